The summed E-state index contributed by atoms with van der Waals surface area (Å²) in [4.78, 5) is 28.4. The molecular weight excluding hydrogens is 376 g/mol. The average Bonchev–Trinajstić information content (AvgIpc) is 2.89. The Morgan fingerprint density at radius 2 is 2.08 bits per heavy atom. The van der Waals surface area contributed by atoms with Gasteiger partial charge in [-0.25, -0.2) is 4.79 Å². The van der Waals surface area contributed by atoms with E-state index in [9.17, 15) is 9.59 Å². The molecule has 1 aromatic heterocycles. The van der Waals surface area contributed by atoms with Crippen LogP contribution in [0.1, 0.15) is 45.8 Å². The number of likely N-dealkylation sites (tertiary alicyclic amines) is 1. The first-order valence-corrected chi connectivity index (χ1v) is 8.95. The van der Waals surface area contributed by atoms with Crippen LogP contribution in [0.4, 0.5) is 4.79 Å². The third-order valence-corrected chi connectivity index (χ3v) is 4.24. The predicted octanol–water partition coefficient (Wildman–Crippen LogP) is 3.79. The molecule has 0 saturated carbocycles. The van der Waals surface area contributed by atoms with Crippen LogP contribution in [0.5, 0.6) is 0 Å². The van der Waals surface area contributed by atoms with Gasteiger partial charge in [-0.1, -0.05) is 0 Å². The molecule has 2 rings (SSSR count). The van der Waals surface area contributed by atoms with E-state index in [0.29, 0.717) is 29.9 Å². The monoisotopic (exact) mass is 400 g/mol. The van der Waals surface area contributed by atoms with Crippen molar-refractivity contribution in [1.29, 1.82) is 0 Å². The van der Waals surface area contributed by atoms with Crippen molar-refractivity contribution in [2.75, 3.05) is 13.6 Å². The van der Waals surface area contributed by atoms with E-state index < -0.39 is 17.7 Å². The van der Waals surface area contributed by atoms with Gasteiger partial charge in [0.05, 0.1) is 6.54 Å². The van der Waals surface area contributed by atoms with Crippen LogP contribution in [0.3, 0.4) is 0 Å². The topological polar surface area (TPSA) is 63.0 Å². The number of carbonyl (C=O) groups is 2. The molecule has 0 aliphatic carbocycles. The summed E-state index contributed by atoms with van der Waals surface area (Å²) in [5.74, 6) is 0.602. The van der Waals surface area contributed by atoms with Gasteiger partial charge in [-0.15, -0.1) is 0 Å². The zero-order chi connectivity index (χ0) is 17.9. The summed E-state index contributed by atoms with van der Waals surface area (Å²) in [6, 6.07) is 3.14. The molecule has 0 radical (unpaired) electrons. The highest BCUT2D eigenvalue weighted by Crippen LogP contribution is 2.23. The molecule has 2 heterocycles. The Hall–Kier alpha value is -1.50. The van der Waals surface area contributed by atoms with Crippen molar-refractivity contribution in [3.63, 3.8) is 0 Å². The fourth-order valence-corrected chi connectivity index (χ4v) is 3.07. The maximum absolute atomic E-state index is 12.8. The van der Waals surface area contributed by atoms with Gasteiger partial charge in [0, 0.05) is 13.6 Å². The van der Waals surface area contributed by atoms with Crippen LogP contribution in [0.15, 0.2) is 21.2 Å². The standard InChI is InChI=1S/C17H25BrN2O4/c1-17(2,3)24-16(22)20-10-6-5-7-13(20)15(21)19(4)11-12-8-9-14(18)23-12/h8-9,13H,5-7,10-11H2,1-4H3. The molecule has 1 unspecified atom stereocenters. The van der Waals surface area contributed by atoms with Crippen molar-refractivity contribution in [2.24, 2.45) is 0 Å². The summed E-state index contributed by atoms with van der Waals surface area (Å²) in [6.45, 7) is 6.39. The van der Waals surface area contributed by atoms with Crippen molar-refractivity contribution in [3.05, 3.63) is 22.6 Å². The second kappa shape index (κ2) is 7.59. The first-order valence-electron chi connectivity index (χ1n) is 8.16. The van der Waals surface area contributed by atoms with E-state index >= 15 is 0 Å². The first-order chi connectivity index (χ1) is 11.2. The number of hydrogen-bond acceptors (Lipinski definition) is 4. The molecule has 2 amide bonds. The molecule has 1 aliphatic rings. The van der Waals surface area contributed by atoms with Gasteiger partial charge in [-0.2, -0.15) is 0 Å². The van der Waals surface area contributed by atoms with Gasteiger partial charge in [0.25, 0.3) is 0 Å². The number of amides is 2. The Morgan fingerprint density at radius 3 is 2.67 bits per heavy atom. The van der Waals surface area contributed by atoms with Crippen LogP contribution in [0.2, 0.25) is 0 Å². The molecule has 0 N–H and O–H groups in total. The quantitative estimate of drug-likeness (QED) is 0.773. The maximum atomic E-state index is 12.8. The smallest absolute Gasteiger partial charge is 0.410 e. The minimum atomic E-state index is -0.575. The maximum Gasteiger partial charge on any atom is 0.410 e. The number of furan rings is 1. The molecule has 1 saturated heterocycles. The van der Waals surface area contributed by atoms with E-state index in [4.69, 9.17) is 9.15 Å². The Morgan fingerprint density at radius 1 is 1.38 bits per heavy atom. The number of carbonyl (C=O) groups excluding carboxylic acids is 2. The number of likely N-dealkylation sites (N-methyl/N-ethyl adjacent to an activating group) is 1. The van der Waals surface area contributed by atoms with Crippen molar-refractivity contribution >= 4 is 27.9 Å². The van der Waals surface area contributed by atoms with Crippen LogP contribution < -0.4 is 0 Å². The summed E-state index contributed by atoms with van der Waals surface area (Å²) < 4.78 is 11.5. The second-order valence-corrected chi connectivity index (χ2v) is 7.87. The van der Waals surface area contributed by atoms with E-state index in [2.05, 4.69) is 15.9 Å². The fourth-order valence-electron chi connectivity index (χ4n) is 2.73. The molecule has 0 bridgehead atoms. The second-order valence-electron chi connectivity index (χ2n) is 7.09. The van der Waals surface area contributed by atoms with E-state index in [-0.39, 0.29) is 5.91 Å². The lowest BCUT2D eigenvalue weighted by atomic mass is 10.0. The van der Waals surface area contributed by atoms with Crippen LogP contribution in [-0.4, -0.2) is 47.0 Å². The largest absolute Gasteiger partial charge is 0.452 e. The van der Waals surface area contributed by atoms with Gasteiger partial charge < -0.3 is 14.1 Å². The lowest BCUT2D eigenvalue weighted by molar-refractivity contribution is -0.137. The van der Waals surface area contributed by atoms with E-state index in [1.807, 2.05) is 26.8 Å². The van der Waals surface area contributed by atoms with Crippen LogP contribution >= 0.6 is 15.9 Å². The van der Waals surface area contributed by atoms with Crippen molar-refractivity contribution in [3.8, 4) is 0 Å². The fraction of sp³-hybridized carbons (Fsp3) is 0.647. The van der Waals surface area contributed by atoms with Crippen LogP contribution in [-0.2, 0) is 16.1 Å². The highest BCUT2D eigenvalue weighted by Gasteiger charge is 2.36. The molecule has 7 heteroatoms. The van der Waals surface area contributed by atoms with Crippen LogP contribution in [0.25, 0.3) is 0 Å². The summed E-state index contributed by atoms with van der Waals surface area (Å²) in [5, 5.41) is 0. The molecule has 134 valence electrons. The number of halogens is 1. The number of rotatable bonds is 3. The SMILES string of the molecule is CN(Cc1ccc(Br)o1)C(=O)C1CCCCN1C(=O)OC(C)(C)C. The molecule has 6 nitrogen and oxygen atoms in total. The lowest BCUT2D eigenvalue weighted by Crippen LogP contribution is -2.53. The summed E-state index contributed by atoms with van der Waals surface area (Å²) in [5.41, 5.74) is -0.575. The van der Waals surface area contributed by atoms with E-state index in [0.717, 1.165) is 12.8 Å². The molecule has 1 atom stereocenters. The summed E-state index contributed by atoms with van der Waals surface area (Å²) in [6.07, 6.45) is 2.05. The van der Waals surface area contributed by atoms with E-state index in [1.165, 1.54) is 0 Å². The third kappa shape index (κ3) is 5.00. The molecular formula is C17H25BrN2O4. The number of nitrogens with zero attached hydrogens (tertiary/aromatic N) is 2. The Labute approximate surface area is 151 Å². The third-order valence-electron chi connectivity index (χ3n) is 3.81. The van der Waals surface area contributed by atoms with Crippen molar-refractivity contribution in [2.45, 2.75) is 58.2 Å². The highest BCUT2D eigenvalue weighted by atomic mass is 79.9. The van der Waals surface area contributed by atoms with E-state index in [1.54, 1.807) is 22.9 Å². The van der Waals surface area contributed by atoms with Gasteiger partial charge in [0.15, 0.2) is 4.67 Å². The highest BCUT2D eigenvalue weighted by molar-refractivity contribution is 9.10. The Balaban J connectivity index is 2.05. The van der Waals surface area contributed by atoms with Gasteiger partial charge in [0.2, 0.25) is 5.91 Å². The molecule has 1 fully saturated rings. The molecule has 1 aromatic rings. The number of hydrogen-bond donors (Lipinski definition) is 0. The van der Waals surface area contributed by atoms with Gasteiger partial charge in [-0.05, 0) is 68.1 Å². The normalized spacial score (nSPS) is 18.4. The van der Waals surface area contributed by atoms with Crippen molar-refractivity contribution in [1.82, 2.24) is 9.80 Å². The van der Waals surface area contributed by atoms with Gasteiger partial charge >= 0.3 is 6.09 Å². The molecule has 24 heavy (non-hydrogen) atoms. The first kappa shape index (κ1) is 18.8. The minimum absolute atomic E-state index is 0.0897. The molecule has 0 spiro atoms. The molecule has 1 aliphatic heterocycles. The number of piperidine rings is 1. The predicted molar refractivity (Wildman–Crippen MR) is 93.5 cm³/mol. The molecule has 0 aromatic carbocycles. The van der Waals surface area contributed by atoms with Gasteiger partial charge in [-0.3, -0.25) is 9.69 Å². The van der Waals surface area contributed by atoms with Crippen LogP contribution in [0, 0.1) is 0 Å². The van der Waals surface area contributed by atoms with Gasteiger partial charge in [0.1, 0.15) is 17.4 Å². The summed E-state index contributed by atoms with van der Waals surface area (Å²) in [7, 11) is 1.72. The van der Waals surface area contributed by atoms with Crippen molar-refractivity contribution < 1.29 is 18.7 Å². The zero-order valence-corrected chi connectivity index (χ0v) is 16.3. The Bertz CT molecular complexity index is 594. The number of ether oxygens (including phenoxy) is 1. The summed E-state index contributed by atoms with van der Waals surface area (Å²) >= 11 is 3.25. The minimum Gasteiger partial charge on any atom is -0.452 e. The zero-order valence-electron chi connectivity index (χ0n) is 14.7. The lowest BCUT2D eigenvalue weighted by Gasteiger charge is -2.37. The Kier molecular flexibility index (Phi) is 5.96. The average molecular weight is 401 g/mol.